The van der Waals surface area contributed by atoms with Crippen LogP contribution in [0.1, 0.15) is 42.1 Å². The summed E-state index contributed by atoms with van der Waals surface area (Å²) in [6, 6.07) is 1.49. The lowest BCUT2D eigenvalue weighted by Gasteiger charge is -2.16. The molecule has 104 valence electrons. The average Bonchev–Trinajstić information content (AvgIpc) is 2.75. The summed E-state index contributed by atoms with van der Waals surface area (Å²) in [4.78, 5) is 24.6. The van der Waals surface area contributed by atoms with Crippen molar-refractivity contribution in [1.82, 2.24) is 4.90 Å². The number of aromatic carboxylic acids is 1. The fraction of sp³-hybridized carbons (Fsp3) is 0.571. The van der Waals surface area contributed by atoms with E-state index in [1.54, 1.807) is 18.9 Å². The molecule has 1 aliphatic carbocycles. The molecule has 2 rings (SSSR count). The van der Waals surface area contributed by atoms with E-state index in [1.807, 2.05) is 0 Å². The van der Waals surface area contributed by atoms with E-state index in [0.717, 1.165) is 6.42 Å². The third-order valence-electron chi connectivity index (χ3n) is 3.78. The maximum atomic E-state index is 12.1. The minimum absolute atomic E-state index is 0.0764. The van der Waals surface area contributed by atoms with E-state index < -0.39 is 5.97 Å². The summed E-state index contributed by atoms with van der Waals surface area (Å²) >= 11 is 0. The second kappa shape index (κ2) is 4.40. The molecular weight excluding hydrogens is 246 g/mol. The van der Waals surface area contributed by atoms with Crippen molar-refractivity contribution < 1.29 is 19.1 Å². The van der Waals surface area contributed by atoms with Gasteiger partial charge in [-0.3, -0.25) is 4.79 Å². The molecule has 0 saturated heterocycles. The Labute approximate surface area is 112 Å². The molecular formula is C14H19NO4. The zero-order valence-corrected chi connectivity index (χ0v) is 11.7. The van der Waals surface area contributed by atoms with Crippen molar-refractivity contribution in [2.75, 3.05) is 7.05 Å². The van der Waals surface area contributed by atoms with Crippen LogP contribution in [0.4, 0.5) is 0 Å². The molecule has 1 heterocycles. The van der Waals surface area contributed by atoms with Crippen LogP contribution in [0.5, 0.6) is 0 Å². The highest BCUT2D eigenvalue weighted by Gasteiger charge is 2.51. The fourth-order valence-corrected chi connectivity index (χ4v) is 2.30. The first kappa shape index (κ1) is 13.6. The Bertz CT molecular complexity index is 530. The van der Waals surface area contributed by atoms with E-state index in [4.69, 9.17) is 9.52 Å². The highest BCUT2D eigenvalue weighted by molar-refractivity contribution is 5.88. The van der Waals surface area contributed by atoms with Gasteiger partial charge in [0.05, 0.1) is 6.54 Å². The van der Waals surface area contributed by atoms with Gasteiger partial charge in [-0.1, -0.05) is 13.8 Å². The Morgan fingerprint density at radius 3 is 2.53 bits per heavy atom. The second-order valence-corrected chi connectivity index (χ2v) is 5.93. The van der Waals surface area contributed by atoms with Gasteiger partial charge in [0, 0.05) is 13.0 Å². The predicted octanol–water partition coefficient (Wildman–Crippen LogP) is 2.29. The lowest BCUT2D eigenvalue weighted by atomic mass is 10.1. The first-order valence-electron chi connectivity index (χ1n) is 6.30. The van der Waals surface area contributed by atoms with Crippen molar-refractivity contribution in [3.05, 3.63) is 23.2 Å². The fourth-order valence-electron chi connectivity index (χ4n) is 2.30. The van der Waals surface area contributed by atoms with Gasteiger partial charge in [0.15, 0.2) is 0 Å². The first-order chi connectivity index (χ1) is 8.72. The molecule has 0 bridgehead atoms. The van der Waals surface area contributed by atoms with Crippen molar-refractivity contribution in [2.45, 2.75) is 33.7 Å². The van der Waals surface area contributed by atoms with Crippen LogP contribution < -0.4 is 0 Å². The molecule has 1 atom stereocenters. The predicted molar refractivity (Wildman–Crippen MR) is 68.8 cm³/mol. The molecule has 19 heavy (non-hydrogen) atoms. The maximum Gasteiger partial charge on any atom is 0.339 e. The molecule has 5 heteroatoms. The SMILES string of the molecule is Cc1oc(CN(C)C(=O)C2CC2(C)C)cc1C(=O)O. The minimum atomic E-state index is -1.01. The van der Waals surface area contributed by atoms with Gasteiger partial charge < -0.3 is 14.4 Å². The van der Waals surface area contributed by atoms with Crippen molar-refractivity contribution in [3.63, 3.8) is 0 Å². The van der Waals surface area contributed by atoms with Crippen LogP contribution in [-0.2, 0) is 11.3 Å². The minimum Gasteiger partial charge on any atom is -0.478 e. The zero-order valence-electron chi connectivity index (χ0n) is 11.7. The molecule has 1 unspecified atom stereocenters. The number of rotatable bonds is 4. The summed E-state index contributed by atoms with van der Waals surface area (Å²) in [6.07, 6.45) is 0.910. The third-order valence-corrected chi connectivity index (χ3v) is 3.78. The molecule has 0 aromatic carbocycles. The number of hydrogen-bond donors (Lipinski definition) is 1. The molecule has 5 nitrogen and oxygen atoms in total. The number of carbonyl (C=O) groups excluding carboxylic acids is 1. The smallest absolute Gasteiger partial charge is 0.339 e. The van der Waals surface area contributed by atoms with Crippen molar-refractivity contribution in [3.8, 4) is 0 Å². The molecule has 1 saturated carbocycles. The number of carboxylic acid groups (broad SMARTS) is 1. The van der Waals surface area contributed by atoms with Crippen LogP contribution in [0.25, 0.3) is 0 Å². The number of amides is 1. The number of aryl methyl sites for hydroxylation is 1. The number of hydrogen-bond acceptors (Lipinski definition) is 3. The van der Waals surface area contributed by atoms with Crippen LogP contribution in [0.3, 0.4) is 0 Å². The van der Waals surface area contributed by atoms with Crippen LogP contribution in [-0.4, -0.2) is 28.9 Å². The van der Waals surface area contributed by atoms with Gasteiger partial charge in [0.25, 0.3) is 0 Å². The largest absolute Gasteiger partial charge is 0.478 e. The Kier molecular flexibility index (Phi) is 3.16. The summed E-state index contributed by atoms with van der Waals surface area (Å²) < 4.78 is 5.37. The molecule has 1 aliphatic rings. The van der Waals surface area contributed by atoms with Crippen LogP contribution in [0.15, 0.2) is 10.5 Å². The second-order valence-electron chi connectivity index (χ2n) is 5.93. The molecule has 0 aliphatic heterocycles. The summed E-state index contributed by atoms with van der Waals surface area (Å²) in [5, 5.41) is 8.95. The first-order valence-corrected chi connectivity index (χ1v) is 6.30. The molecule has 1 amide bonds. The van der Waals surface area contributed by atoms with E-state index in [2.05, 4.69) is 13.8 Å². The van der Waals surface area contributed by atoms with Crippen LogP contribution in [0, 0.1) is 18.3 Å². The number of carbonyl (C=O) groups is 2. The Morgan fingerprint density at radius 2 is 2.11 bits per heavy atom. The topological polar surface area (TPSA) is 70.8 Å². The van der Waals surface area contributed by atoms with Gasteiger partial charge in [0.2, 0.25) is 5.91 Å². The number of carboxylic acids is 1. The Morgan fingerprint density at radius 1 is 1.53 bits per heavy atom. The molecule has 1 fully saturated rings. The highest BCUT2D eigenvalue weighted by atomic mass is 16.4. The van der Waals surface area contributed by atoms with Crippen LogP contribution in [0.2, 0.25) is 0 Å². The summed E-state index contributed by atoms with van der Waals surface area (Å²) in [5.41, 5.74) is 0.249. The van der Waals surface area contributed by atoms with Gasteiger partial charge in [-0.15, -0.1) is 0 Å². The molecule has 0 spiro atoms. The van der Waals surface area contributed by atoms with E-state index in [0.29, 0.717) is 18.1 Å². The number of furan rings is 1. The van der Waals surface area contributed by atoms with E-state index in [9.17, 15) is 9.59 Å². The third kappa shape index (κ3) is 2.64. The van der Waals surface area contributed by atoms with Gasteiger partial charge >= 0.3 is 5.97 Å². The molecule has 0 radical (unpaired) electrons. The van der Waals surface area contributed by atoms with Gasteiger partial charge in [-0.05, 0) is 24.8 Å². The van der Waals surface area contributed by atoms with Gasteiger partial charge in [-0.25, -0.2) is 4.79 Å². The standard InChI is InChI=1S/C14H19NO4/c1-8-10(13(17)18)5-9(19-8)7-15(4)12(16)11-6-14(11,2)3/h5,11H,6-7H2,1-4H3,(H,17,18). The van der Waals surface area contributed by atoms with E-state index >= 15 is 0 Å². The summed E-state index contributed by atoms with van der Waals surface area (Å²) in [6.45, 7) is 6.06. The quantitative estimate of drug-likeness (QED) is 0.906. The highest BCUT2D eigenvalue weighted by Crippen LogP contribution is 2.52. The zero-order chi connectivity index (χ0) is 14.4. The Balaban J connectivity index is 2.03. The molecule has 1 N–H and O–H groups in total. The number of nitrogens with zero attached hydrogens (tertiary/aromatic N) is 1. The average molecular weight is 265 g/mol. The van der Waals surface area contributed by atoms with Crippen molar-refractivity contribution in [2.24, 2.45) is 11.3 Å². The van der Waals surface area contributed by atoms with Crippen molar-refractivity contribution in [1.29, 1.82) is 0 Å². The summed E-state index contributed by atoms with van der Waals surface area (Å²) in [7, 11) is 1.72. The van der Waals surface area contributed by atoms with E-state index in [-0.39, 0.29) is 22.8 Å². The molecule has 1 aromatic heterocycles. The summed E-state index contributed by atoms with van der Waals surface area (Å²) in [5.74, 6) is 0.0348. The normalized spacial score (nSPS) is 20.1. The van der Waals surface area contributed by atoms with E-state index in [1.165, 1.54) is 6.07 Å². The van der Waals surface area contributed by atoms with Crippen LogP contribution >= 0.6 is 0 Å². The molecule has 1 aromatic rings. The van der Waals surface area contributed by atoms with Crippen molar-refractivity contribution >= 4 is 11.9 Å². The van der Waals surface area contributed by atoms with Gasteiger partial charge in [0.1, 0.15) is 17.1 Å². The van der Waals surface area contributed by atoms with Gasteiger partial charge in [-0.2, -0.15) is 0 Å². The maximum absolute atomic E-state index is 12.1. The lowest BCUT2D eigenvalue weighted by Crippen LogP contribution is -2.28. The Hall–Kier alpha value is -1.78. The monoisotopic (exact) mass is 265 g/mol. The lowest BCUT2D eigenvalue weighted by molar-refractivity contribution is -0.132.